The summed E-state index contributed by atoms with van der Waals surface area (Å²) in [6.07, 6.45) is 5.44. The molecule has 0 radical (unpaired) electrons. The number of nitrogens with one attached hydrogen (secondary N) is 1. The molecular formula is C23H36ClN3O2. The third kappa shape index (κ3) is 6.09. The molecule has 0 amide bonds. The van der Waals surface area contributed by atoms with E-state index in [2.05, 4.69) is 36.3 Å². The Hall–Kier alpha value is -1.30. The normalized spacial score (nSPS) is 20.4. The van der Waals surface area contributed by atoms with Gasteiger partial charge < -0.3 is 19.7 Å². The highest BCUT2D eigenvalue weighted by atomic mass is 35.5. The quantitative estimate of drug-likeness (QED) is 0.531. The van der Waals surface area contributed by atoms with E-state index in [0.717, 1.165) is 75.8 Å². The van der Waals surface area contributed by atoms with Crippen molar-refractivity contribution in [2.45, 2.75) is 44.4 Å². The Morgan fingerprint density at radius 3 is 2.55 bits per heavy atom. The minimum Gasteiger partial charge on any atom is -0.381 e. The van der Waals surface area contributed by atoms with Crippen LogP contribution in [0.5, 0.6) is 0 Å². The van der Waals surface area contributed by atoms with Gasteiger partial charge in [-0.3, -0.25) is 4.99 Å². The van der Waals surface area contributed by atoms with Gasteiger partial charge in [-0.1, -0.05) is 29.8 Å². The molecular weight excluding hydrogens is 386 g/mol. The lowest BCUT2D eigenvalue weighted by atomic mass is 9.74. The molecule has 0 saturated carbocycles. The Kier molecular flexibility index (Phi) is 8.64. The summed E-state index contributed by atoms with van der Waals surface area (Å²) in [4.78, 5) is 7.36. The fourth-order valence-electron chi connectivity index (χ4n) is 4.38. The van der Waals surface area contributed by atoms with E-state index >= 15 is 0 Å². The highest BCUT2D eigenvalue weighted by Crippen LogP contribution is 2.39. The van der Waals surface area contributed by atoms with E-state index in [1.165, 1.54) is 24.8 Å². The maximum atomic E-state index is 6.60. The molecule has 2 aliphatic rings. The van der Waals surface area contributed by atoms with Gasteiger partial charge in [0.2, 0.25) is 0 Å². The molecule has 5 nitrogen and oxygen atoms in total. The summed E-state index contributed by atoms with van der Waals surface area (Å²) in [5, 5.41) is 4.32. The minimum absolute atomic E-state index is 0.0567. The number of hydrogen-bond acceptors (Lipinski definition) is 3. The van der Waals surface area contributed by atoms with E-state index in [1.54, 1.807) is 0 Å². The molecule has 0 atom stereocenters. The monoisotopic (exact) mass is 421 g/mol. The lowest BCUT2D eigenvalue weighted by Gasteiger charge is -2.37. The van der Waals surface area contributed by atoms with Crippen LogP contribution in [0.3, 0.4) is 0 Å². The van der Waals surface area contributed by atoms with Gasteiger partial charge in [-0.15, -0.1) is 0 Å². The van der Waals surface area contributed by atoms with Gasteiger partial charge in [0, 0.05) is 57.0 Å². The zero-order valence-corrected chi connectivity index (χ0v) is 18.7. The minimum atomic E-state index is -0.0567. The summed E-state index contributed by atoms with van der Waals surface area (Å²) in [6.45, 7) is 8.06. The largest absolute Gasteiger partial charge is 0.381 e. The highest BCUT2D eigenvalue weighted by Gasteiger charge is 2.36. The molecule has 2 heterocycles. The Morgan fingerprint density at radius 1 is 1.17 bits per heavy atom. The van der Waals surface area contributed by atoms with Crippen molar-refractivity contribution >= 4 is 17.6 Å². The topological polar surface area (TPSA) is 46.1 Å². The van der Waals surface area contributed by atoms with Crippen LogP contribution in [-0.2, 0) is 14.9 Å². The average Bonchev–Trinajstić information content (AvgIpc) is 2.76. The van der Waals surface area contributed by atoms with Crippen molar-refractivity contribution in [1.82, 2.24) is 10.2 Å². The summed E-state index contributed by atoms with van der Waals surface area (Å²) in [7, 11) is 2.15. The smallest absolute Gasteiger partial charge is 0.193 e. The lowest BCUT2D eigenvalue weighted by molar-refractivity contribution is 0.0530. The van der Waals surface area contributed by atoms with E-state index in [-0.39, 0.29) is 5.41 Å². The van der Waals surface area contributed by atoms with Gasteiger partial charge in [0.15, 0.2) is 5.96 Å². The molecule has 2 aliphatic heterocycles. The van der Waals surface area contributed by atoms with Crippen LogP contribution in [0.15, 0.2) is 29.3 Å². The van der Waals surface area contributed by atoms with Gasteiger partial charge in [-0.2, -0.15) is 0 Å². The van der Waals surface area contributed by atoms with Gasteiger partial charge in [-0.05, 0) is 56.6 Å². The summed E-state index contributed by atoms with van der Waals surface area (Å²) >= 11 is 6.60. The van der Waals surface area contributed by atoms with E-state index < -0.39 is 0 Å². The number of guanidine groups is 1. The second kappa shape index (κ2) is 11.2. The van der Waals surface area contributed by atoms with Gasteiger partial charge >= 0.3 is 0 Å². The van der Waals surface area contributed by atoms with Crippen molar-refractivity contribution in [3.05, 3.63) is 34.9 Å². The SMILES string of the molecule is CCNC(=NCC1(c2ccccc2Cl)CCOCC1)N(C)CCC1CCOCC1. The number of hydrogen-bond donors (Lipinski definition) is 1. The molecule has 0 bridgehead atoms. The van der Waals surface area contributed by atoms with Crippen molar-refractivity contribution in [2.75, 3.05) is 53.1 Å². The van der Waals surface area contributed by atoms with Crippen LogP contribution in [0.1, 0.15) is 44.6 Å². The third-order valence-electron chi connectivity index (χ3n) is 6.34. The van der Waals surface area contributed by atoms with Crippen LogP contribution in [0.2, 0.25) is 5.02 Å². The predicted molar refractivity (Wildman–Crippen MR) is 120 cm³/mol. The van der Waals surface area contributed by atoms with E-state index in [0.29, 0.717) is 0 Å². The Morgan fingerprint density at radius 2 is 1.86 bits per heavy atom. The molecule has 6 heteroatoms. The first kappa shape index (κ1) is 22.4. The third-order valence-corrected chi connectivity index (χ3v) is 6.67. The van der Waals surface area contributed by atoms with Crippen LogP contribution >= 0.6 is 11.6 Å². The molecule has 0 unspecified atom stereocenters. The van der Waals surface area contributed by atoms with Crippen molar-refractivity contribution in [1.29, 1.82) is 0 Å². The van der Waals surface area contributed by atoms with E-state index in [1.807, 2.05) is 12.1 Å². The molecule has 1 aromatic carbocycles. The number of ether oxygens (including phenoxy) is 2. The van der Waals surface area contributed by atoms with Gasteiger partial charge in [0.25, 0.3) is 0 Å². The number of aliphatic imine (C=N–C) groups is 1. The molecule has 1 N–H and O–H groups in total. The second-order valence-corrected chi connectivity index (χ2v) is 8.72. The van der Waals surface area contributed by atoms with Crippen LogP contribution < -0.4 is 5.32 Å². The molecule has 0 aliphatic carbocycles. The molecule has 3 rings (SSSR count). The summed E-state index contributed by atoms with van der Waals surface area (Å²) in [6, 6.07) is 8.22. The fourth-order valence-corrected chi connectivity index (χ4v) is 4.72. The first-order valence-electron chi connectivity index (χ1n) is 11.0. The van der Waals surface area contributed by atoms with Crippen LogP contribution in [0.25, 0.3) is 0 Å². The standard InChI is InChI=1S/C23H36ClN3O2/c1-3-25-22(27(2)13-8-19-9-14-28-15-10-19)26-18-23(11-16-29-17-12-23)20-6-4-5-7-21(20)24/h4-7,19H,3,8-18H2,1-2H3,(H,25,26). The predicted octanol–water partition coefficient (Wildman–Crippen LogP) is 4.10. The first-order chi connectivity index (χ1) is 14.1. The second-order valence-electron chi connectivity index (χ2n) is 8.31. The van der Waals surface area contributed by atoms with Crippen molar-refractivity contribution in [3.8, 4) is 0 Å². The van der Waals surface area contributed by atoms with Crippen LogP contribution in [0.4, 0.5) is 0 Å². The van der Waals surface area contributed by atoms with Gasteiger partial charge in [0.05, 0.1) is 6.54 Å². The van der Waals surface area contributed by atoms with Crippen molar-refractivity contribution < 1.29 is 9.47 Å². The van der Waals surface area contributed by atoms with E-state index in [4.69, 9.17) is 26.1 Å². The average molecular weight is 422 g/mol. The molecule has 29 heavy (non-hydrogen) atoms. The van der Waals surface area contributed by atoms with Crippen LogP contribution in [-0.4, -0.2) is 64.0 Å². The van der Waals surface area contributed by atoms with Crippen LogP contribution in [0, 0.1) is 5.92 Å². The lowest BCUT2D eigenvalue weighted by Crippen LogP contribution is -2.42. The van der Waals surface area contributed by atoms with Gasteiger partial charge in [-0.25, -0.2) is 0 Å². The Balaban J connectivity index is 1.71. The summed E-state index contributed by atoms with van der Waals surface area (Å²) in [5.41, 5.74) is 1.15. The first-order valence-corrected chi connectivity index (χ1v) is 11.4. The maximum Gasteiger partial charge on any atom is 0.193 e. The fraction of sp³-hybridized carbons (Fsp3) is 0.696. The molecule has 2 fully saturated rings. The zero-order chi connectivity index (χ0) is 20.5. The molecule has 2 saturated heterocycles. The molecule has 1 aromatic rings. The molecule has 162 valence electrons. The van der Waals surface area contributed by atoms with Crippen molar-refractivity contribution in [3.63, 3.8) is 0 Å². The molecule has 0 spiro atoms. The highest BCUT2D eigenvalue weighted by molar-refractivity contribution is 6.31. The number of rotatable bonds is 7. The zero-order valence-electron chi connectivity index (χ0n) is 18.0. The van der Waals surface area contributed by atoms with Gasteiger partial charge in [0.1, 0.15) is 0 Å². The Labute approximate surface area is 180 Å². The summed E-state index contributed by atoms with van der Waals surface area (Å²) < 4.78 is 11.2. The number of benzene rings is 1. The summed E-state index contributed by atoms with van der Waals surface area (Å²) in [5.74, 6) is 1.75. The van der Waals surface area contributed by atoms with E-state index in [9.17, 15) is 0 Å². The Bertz CT molecular complexity index is 655. The van der Waals surface area contributed by atoms with Crippen molar-refractivity contribution in [2.24, 2.45) is 10.9 Å². The number of halogens is 1. The number of nitrogens with zero attached hydrogens (tertiary/aromatic N) is 2. The molecule has 0 aromatic heterocycles. The maximum absolute atomic E-state index is 6.60.